The number of amides is 1. The minimum absolute atomic E-state index is 0.218. The molecule has 0 radical (unpaired) electrons. The number of rotatable bonds is 7. The Morgan fingerprint density at radius 1 is 0.969 bits per heavy atom. The normalized spacial score (nSPS) is 10.6. The summed E-state index contributed by atoms with van der Waals surface area (Å²) in [7, 11) is 1.76. The summed E-state index contributed by atoms with van der Waals surface area (Å²) in [6, 6.07) is 20.9. The van der Waals surface area contributed by atoms with Crippen molar-refractivity contribution < 1.29 is 4.79 Å². The van der Waals surface area contributed by atoms with Gasteiger partial charge < -0.3 is 16.0 Å². The summed E-state index contributed by atoms with van der Waals surface area (Å²) in [5.41, 5.74) is 4.63. The average molecular weight is 428 g/mol. The van der Waals surface area contributed by atoms with Crippen LogP contribution in [0.4, 0.5) is 23.1 Å². The van der Waals surface area contributed by atoms with Gasteiger partial charge in [0.2, 0.25) is 5.95 Å². The molecule has 0 aliphatic rings. The first kappa shape index (κ1) is 21.0. The van der Waals surface area contributed by atoms with Crippen molar-refractivity contribution in [1.82, 2.24) is 19.7 Å². The van der Waals surface area contributed by atoms with Crippen molar-refractivity contribution in [2.75, 3.05) is 22.5 Å². The van der Waals surface area contributed by atoms with Gasteiger partial charge in [-0.1, -0.05) is 30.3 Å². The first-order valence-electron chi connectivity index (χ1n) is 10.4. The third-order valence-electron chi connectivity index (χ3n) is 4.79. The van der Waals surface area contributed by atoms with Crippen molar-refractivity contribution in [2.24, 2.45) is 7.05 Å². The molecule has 2 aromatic carbocycles. The lowest BCUT2D eigenvalue weighted by Crippen LogP contribution is -2.16. The van der Waals surface area contributed by atoms with Gasteiger partial charge in [0.05, 0.1) is 5.69 Å². The maximum Gasteiger partial charge on any atom is 0.273 e. The van der Waals surface area contributed by atoms with E-state index < -0.39 is 0 Å². The molecule has 1 amide bonds. The zero-order chi connectivity index (χ0) is 22.5. The van der Waals surface area contributed by atoms with Crippen LogP contribution in [-0.4, -0.2) is 32.2 Å². The van der Waals surface area contributed by atoms with Crippen LogP contribution in [-0.2, 0) is 7.05 Å². The lowest BCUT2D eigenvalue weighted by atomic mass is 10.1. The fourth-order valence-electron chi connectivity index (χ4n) is 3.28. The highest BCUT2D eigenvalue weighted by atomic mass is 16.2. The maximum absolute atomic E-state index is 12.8. The molecule has 32 heavy (non-hydrogen) atoms. The Bertz CT molecular complexity index is 1220. The summed E-state index contributed by atoms with van der Waals surface area (Å²) in [5, 5.41) is 13.8. The zero-order valence-electron chi connectivity index (χ0n) is 18.3. The number of benzene rings is 2. The minimum Gasteiger partial charge on any atom is -0.354 e. The Morgan fingerprint density at radius 2 is 1.69 bits per heavy atom. The van der Waals surface area contributed by atoms with E-state index in [4.69, 9.17) is 0 Å². The third kappa shape index (κ3) is 4.92. The number of carbonyl (C=O) groups is 1. The molecule has 0 spiro atoms. The van der Waals surface area contributed by atoms with Crippen molar-refractivity contribution in [3.8, 4) is 11.3 Å². The predicted octanol–water partition coefficient (Wildman–Crippen LogP) is 4.61. The van der Waals surface area contributed by atoms with Crippen molar-refractivity contribution in [2.45, 2.75) is 13.8 Å². The number of anilines is 4. The molecule has 3 N–H and O–H groups in total. The minimum atomic E-state index is -0.218. The van der Waals surface area contributed by atoms with Crippen LogP contribution in [0.1, 0.15) is 23.1 Å². The lowest BCUT2D eigenvalue weighted by molar-refractivity contribution is 0.101. The van der Waals surface area contributed by atoms with Crippen LogP contribution in [0.2, 0.25) is 0 Å². The molecule has 2 heterocycles. The second-order valence-electron chi connectivity index (χ2n) is 7.31. The molecular weight excluding hydrogens is 402 g/mol. The third-order valence-corrected chi connectivity index (χ3v) is 4.79. The molecule has 4 rings (SSSR count). The summed E-state index contributed by atoms with van der Waals surface area (Å²) < 4.78 is 1.59. The number of hydrogen-bond acceptors (Lipinski definition) is 6. The fraction of sp³-hybridized carbons (Fsp3) is 0.167. The van der Waals surface area contributed by atoms with E-state index in [1.165, 1.54) is 0 Å². The van der Waals surface area contributed by atoms with Crippen LogP contribution >= 0.6 is 0 Å². The first-order chi connectivity index (χ1) is 15.5. The summed E-state index contributed by atoms with van der Waals surface area (Å²) in [6.07, 6.45) is 0. The Hall–Kier alpha value is -4.20. The molecule has 0 aliphatic carbocycles. The van der Waals surface area contributed by atoms with E-state index in [0.717, 1.165) is 29.2 Å². The van der Waals surface area contributed by atoms with Gasteiger partial charge in [0.1, 0.15) is 11.5 Å². The summed E-state index contributed by atoms with van der Waals surface area (Å²) in [6.45, 7) is 4.68. The van der Waals surface area contributed by atoms with Gasteiger partial charge in [-0.05, 0) is 44.2 Å². The van der Waals surface area contributed by atoms with Crippen LogP contribution in [0.5, 0.6) is 0 Å². The number of aromatic nitrogens is 4. The SMILES string of the molecule is CCNc1nc(C)cc(Nc2ccc(NC(=O)c3cc(-c4ccccc4)nn3C)cc2)n1. The van der Waals surface area contributed by atoms with E-state index in [0.29, 0.717) is 23.1 Å². The Balaban J connectivity index is 1.44. The van der Waals surface area contributed by atoms with E-state index in [9.17, 15) is 4.79 Å². The van der Waals surface area contributed by atoms with Gasteiger partial charge in [-0.15, -0.1) is 0 Å². The number of hydrogen-bond donors (Lipinski definition) is 3. The highest BCUT2D eigenvalue weighted by Crippen LogP contribution is 2.21. The first-order valence-corrected chi connectivity index (χ1v) is 10.4. The molecule has 0 atom stereocenters. The van der Waals surface area contributed by atoms with E-state index in [-0.39, 0.29) is 5.91 Å². The Labute approximate surface area is 186 Å². The van der Waals surface area contributed by atoms with E-state index in [1.54, 1.807) is 17.8 Å². The van der Waals surface area contributed by atoms with Crippen molar-refractivity contribution in [3.05, 3.63) is 78.1 Å². The summed E-state index contributed by atoms with van der Waals surface area (Å²) in [4.78, 5) is 21.6. The van der Waals surface area contributed by atoms with Crippen LogP contribution in [0.3, 0.4) is 0 Å². The highest BCUT2D eigenvalue weighted by molar-refractivity contribution is 6.03. The van der Waals surface area contributed by atoms with E-state index in [2.05, 4.69) is 31.0 Å². The van der Waals surface area contributed by atoms with Gasteiger partial charge in [-0.25, -0.2) is 4.98 Å². The van der Waals surface area contributed by atoms with Gasteiger partial charge in [-0.2, -0.15) is 10.1 Å². The molecule has 0 bridgehead atoms. The maximum atomic E-state index is 12.8. The summed E-state index contributed by atoms with van der Waals surface area (Å²) in [5.74, 6) is 1.07. The standard InChI is InChI=1S/C24H25N7O/c1-4-25-24-26-16(2)14-22(29-24)27-18-10-12-19(13-11-18)28-23(32)21-15-20(30-31(21)3)17-8-6-5-7-9-17/h5-15H,4H2,1-3H3,(H,28,32)(H2,25,26,27,29). The van der Waals surface area contributed by atoms with Gasteiger partial charge in [-0.3, -0.25) is 9.48 Å². The quantitative estimate of drug-likeness (QED) is 0.398. The van der Waals surface area contributed by atoms with Gasteiger partial charge in [0.25, 0.3) is 5.91 Å². The Kier molecular flexibility index (Phi) is 6.12. The smallest absolute Gasteiger partial charge is 0.273 e. The predicted molar refractivity (Wildman–Crippen MR) is 127 cm³/mol. The van der Waals surface area contributed by atoms with Gasteiger partial charge >= 0.3 is 0 Å². The van der Waals surface area contributed by atoms with Crippen LogP contribution in [0.25, 0.3) is 11.3 Å². The molecule has 4 aromatic rings. The fourth-order valence-corrected chi connectivity index (χ4v) is 3.28. The Morgan fingerprint density at radius 3 is 2.41 bits per heavy atom. The van der Waals surface area contributed by atoms with Crippen molar-refractivity contribution in [3.63, 3.8) is 0 Å². The summed E-state index contributed by atoms with van der Waals surface area (Å²) >= 11 is 0. The molecule has 0 fully saturated rings. The van der Waals surface area contributed by atoms with Crippen molar-refractivity contribution >= 4 is 29.0 Å². The lowest BCUT2D eigenvalue weighted by Gasteiger charge is -2.10. The van der Waals surface area contributed by atoms with Gasteiger partial charge in [0, 0.05) is 42.3 Å². The number of aryl methyl sites for hydroxylation is 2. The van der Waals surface area contributed by atoms with Crippen LogP contribution in [0, 0.1) is 6.92 Å². The average Bonchev–Trinajstić information content (AvgIpc) is 3.17. The van der Waals surface area contributed by atoms with Crippen molar-refractivity contribution in [1.29, 1.82) is 0 Å². The molecular formula is C24H25N7O. The molecule has 0 saturated heterocycles. The monoisotopic (exact) mass is 427 g/mol. The molecule has 162 valence electrons. The molecule has 0 aliphatic heterocycles. The molecule has 8 nitrogen and oxygen atoms in total. The number of carbonyl (C=O) groups excluding carboxylic acids is 1. The zero-order valence-corrected chi connectivity index (χ0v) is 18.3. The molecule has 0 saturated carbocycles. The molecule has 0 unspecified atom stereocenters. The number of nitrogens with zero attached hydrogens (tertiary/aromatic N) is 4. The highest BCUT2D eigenvalue weighted by Gasteiger charge is 2.14. The largest absolute Gasteiger partial charge is 0.354 e. The molecule has 8 heteroatoms. The van der Waals surface area contributed by atoms with E-state index >= 15 is 0 Å². The van der Waals surface area contributed by atoms with Gasteiger partial charge in [0.15, 0.2) is 0 Å². The topological polar surface area (TPSA) is 96.8 Å². The van der Waals surface area contributed by atoms with E-state index in [1.807, 2.05) is 74.5 Å². The second-order valence-corrected chi connectivity index (χ2v) is 7.31. The molecule has 2 aromatic heterocycles. The second kappa shape index (κ2) is 9.30. The van der Waals surface area contributed by atoms with Crippen LogP contribution in [0.15, 0.2) is 66.7 Å². The van der Waals surface area contributed by atoms with Crippen LogP contribution < -0.4 is 16.0 Å². The number of nitrogens with one attached hydrogen (secondary N) is 3.